The number of nitrogens with zero attached hydrogens (tertiary/aromatic N) is 1. The molecular weight excluding hydrogens is 188 g/mol. The van der Waals surface area contributed by atoms with Crippen molar-refractivity contribution in [1.82, 2.24) is 0 Å². The second-order valence-corrected chi connectivity index (χ2v) is 3.06. The van der Waals surface area contributed by atoms with E-state index in [1.807, 2.05) is 36.1 Å². The summed E-state index contributed by atoms with van der Waals surface area (Å²) in [5.74, 6) is 0.617. The Balaban J connectivity index is 3.16. The lowest BCUT2D eigenvalue weighted by atomic mass is 10.1. The fourth-order valence-electron chi connectivity index (χ4n) is 1.40. The third-order valence-electron chi connectivity index (χ3n) is 2.26. The Kier molecular flexibility index (Phi) is 3.92. The third-order valence-corrected chi connectivity index (χ3v) is 2.26. The van der Waals surface area contributed by atoms with E-state index >= 15 is 0 Å². The van der Waals surface area contributed by atoms with Crippen LogP contribution in [0.1, 0.15) is 12.5 Å². The van der Waals surface area contributed by atoms with Crippen molar-refractivity contribution in [2.45, 2.75) is 6.92 Å². The molecule has 0 bridgehead atoms. The van der Waals surface area contributed by atoms with E-state index in [4.69, 9.17) is 10.1 Å². The van der Waals surface area contributed by atoms with Crippen molar-refractivity contribution in [3.05, 3.63) is 36.4 Å². The van der Waals surface area contributed by atoms with E-state index in [1.165, 1.54) is 6.34 Å². The zero-order chi connectivity index (χ0) is 11.3. The molecule has 0 aliphatic heterocycles. The van der Waals surface area contributed by atoms with Crippen LogP contribution in [-0.2, 0) is 4.74 Å². The van der Waals surface area contributed by atoms with E-state index < -0.39 is 0 Å². The quantitative estimate of drug-likeness (QED) is 0.455. The van der Waals surface area contributed by atoms with E-state index in [9.17, 15) is 0 Å². The van der Waals surface area contributed by atoms with Crippen LogP contribution in [0.2, 0.25) is 0 Å². The van der Waals surface area contributed by atoms with Crippen LogP contribution in [0.3, 0.4) is 0 Å². The van der Waals surface area contributed by atoms with Crippen molar-refractivity contribution in [2.75, 3.05) is 18.6 Å². The van der Waals surface area contributed by atoms with Gasteiger partial charge in [-0.05, 0) is 19.1 Å². The predicted octanol–water partition coefficient (Wildman–Crippen LogP) is 2.74. The molecule has 0 heterocycles. The van der Waals surface area contributed by atoms with Gasteiger partial charge in [0.05, 0.1) is 19.1 Å². The minimum Gasteiger partial charge on any atom is -0.497 e. The van der Waals surface area contributed by atoms with Crippen molar-refractivity contribution < 1.29 is 4.74 Å². The van der Waals surface area contributed by atoms with Gasteiger partial charge < -0.3 is 9.64 Å². The first-order valence-electron chi connectivity index (χ1n) is 4.84. The Morgan fingerprint density at radius 1 is 1.53 bits per heavy atom. The van der Waals surface area contributed by atoms with Crippen LogP contribution in [0.5, 0.6) is 0 Å². The number of hydrogen-bond acceptors (Lipinski definition) is 2. The number of methoxy groups -OCH3 is 1. The van der Waals surface area contributed by atoms with Crippen molar-refractivity contribution in [1.29, 1.82) is 5.41 Å². The summed E-state index contributed by atoms with van der Waals surface area (Å²) in [5.41, 5.74) is 1.87. The van der Waals surface area contributed by atoms with Crippen LogP contribution in [0, 0.1) is 5.41 Å². The smallest absolute Gasteiger partial charge is 0.121 e. The fraction of sp³-hybridized carbons (Fsp3) is 0.250. The van der Waals surface area contributed by atoms with E-state index in [-0.39, 0.29) is 0 Å². The molecule has 0 aliphatic rings. The molecule has 3 nitrogen and oxygen atoms in total. The van der Waals surface area contributed by atoms with Gasteiger partial charge in [-0.1, -0.05) is 18.7 Å². The Hall–Kier alpha value is -1.77. The van der Waals surface area contributed by atoms with Crippen molar-refractivity contribution >= 4 is 17.8 Å². The molecule has 0 radical (unpaired) electrons. The number of nitrogens with one attached hydrogen (secondary N) is 1. The SMILES string of the molecule is C=C(OC)c1ccccc1N(C=N)CC. The molecular formula is C12H16N2O. The lowest BCUT2D eigenvalue weighted by Crippen LogP contribution is -2.21. The van der Waals surface area contributed by atoms with Crippen molar-refractivity contribution in [3.63, 3.8) is 0 Å². The van der Waals surface area contributed by atoms with Crippen LogP contribution >= 0.6 is 0 Å². The van der Waals surface area contributed by atoms with Gasteiger partial charge in [-0.25, -0.2) is 0 Å². The molecule has 3 heteroatoms. The molecule has 0 amide bonds. The van der Waals surface area contributed by atoms with Gasteiger partial charge in [-0.15, -0.1) is 0 Å². The highest BCUT2D eigenvalue weighted by Crippen LogP contribution is 2.25. The highest BCUT2D eigenvalue weighted by atomic mass is 16.5. The molecule has 0 aliphatic carbocycles. The van der Waals surface area contributed by atoms with E-state index in [0.29, 0.717) is 5.76 Å². The summed E-state index contributed by atoms with van der Waals surface area (Å²) in [6, 6.07) is 7.76. The van der Waals surface area contributed by atoms with Gasteiger partial charge in [0.15, 0.2) is 0 Å². The van der Waals surface area contributed by atoms with Crippen molar-refractivity contribution in [2.24, 2.45) is 0 Å². The zero-order valence-corrected chi connectivity index (χ0v) is 9.16. The number of anilines is 1. The standard InChI is InChI=1S/C12H16N2O/c1-4-14(9-13)12-8-6-5-7-11(12)10(2)15-3/h5-9,13H,2,4H2,1,3H3. The summed E-state index contributed by atoms with van der Waals surface area (Å²) in [6.07, 6.45) is 1.31. The van der Waals surface area contributed by atoms with Gasteiger partial charge in [0.25, 0.3) is 0 Å². The number of hydrogen-bond donors (Lipinski definition) is 1. The Morgan fingerprint density at radius 2 is 2.20 bits per heavy atom. The van der Waals surface area contributed by atoms with Crippen LogP contribution in [0.15, 0.2) is 30.8 Å². The predicted molar refractivity (Wildman–Crippen MR) is 64.3 cm³/mol. The largest absolute Gasteiger partial charge is 0.497 e. The minimum atomic E-state index is 0.617. The molecule has 0 saturated carbocycles. The topological polar surface area (TPSA) is 36.3 Å². The molecule has 1 rings (SSSR count). The van der Waals surface area contributed by atoms with Crippen LogP contribution in [-0.4, -0.2) is 20.0 Å². The Bertz CT molecular complexity index is 360. The number of para-hydroxylation sites is 1. The highest BCUT2D eigenvalue weighted by molar-refractivity contribution is 5.83. The molecule has 0 aromatic heterocycles. The monoisotopic (exact) mass is 204 g/mol. The molecule has 1 N–H and O–H groups in total. The highest BCUT2D eigenvalue weighted by Gasteiger charge is 2.09. The average Bonchev–Trinajstić information content (AvgIpc) is 2.30. The summed E-state index contributed by atoms with van der Waals surface area (Å²) < 4.78 is 5.12. The summed E-state index contributed by atoms with van der Waals surface area (Å²) in [6.45, 7) is 6.58. The van der Waals surface area contributed by atoms with E-state index in [2.05, 4.69) is 6.58 Å². The maximum absolute atomic E-state index is 7.32. The summed E-state index contributed by atoms with van der Waals surface area (Å²) >= 11 is 0. The molecule has 0 saturated heterocycles. The molecule has 1 aromatic carbocycles. The lowest BCUT2D eigenvalue weighted by molar-refractivity contribution is 0.371. The Morgan fingerprint density at radius 3 is 2.73 bits per heavy atom. The molecule has 80 valence electrons. The summed E-state index contributed by atoms with van der Waals surface area (Å²) in [5, 5.41) is 7.32. The first kappa shape index (κ1) is 11.3. The number of rotatable bonds is 5. The second-order valence-electron chi connectivity index (χ2n) is 3.06. The maximum Gasteiger partial charge on any atom is 0.121 e. The first-order chi connectivity index (χ1) is 7.24. The van der Waals surface area contributed by atoms with Crippen LogP contribution < -0.4 is 4.90 Å². The average molecular weight is 204 g/mol. The molecule has 15 heavy (non-hydrogen) atoms. The number of ether oxygens (including phenoxy) is 1. The minimum absolute atomic E-state index is 0.617. The molecule has 0 spiro atoms. The van der Waals surface area contributed by atoms with Gasteiger partial charge in [0.2, 0.25) is 0 Å². The molecule has 1 aromatic rings. The van der Waals surface area contributed by atoms with E-state index in [0.717, 1.165) is 17.8 Å². The van der Waals surface area contributed by atoms with Gasteiger partial charge in [-0.2, -0.15) is 0 Å². The van der Waals surface area contributed by atoms with Gasteiger partial charge >= 0.3 is 0 Å². The van der Waals surface area contributed by atoms with E-state index in [1.54, 1.807) is 7.11 Å². The lowest BCUT2D eigenvalue weighted by Gasteiger charge is -2.20. The molecule has 0 atom stereocenters. The summed E-state index contributed by atoms with van der Waals surface area (Å²) in [4.78, 5) is 1.83. The van der Waals surface area contributed by atoms with Gasteiger partial charge in [-0.3, -0.25) is 5.41 Å². The van der Waals surface area contributed by atoms with Crippen LogP contribution in [0.4, 0.5) is 5.69 Å². The molecule has 0 fully saturated rings. The first-order valence-corrected chi connectivity index (χ1v) is 4.84. The zero-order valence-electron chi connectivity index (χ0n) is 9.16. The van der Waals surface area contributed by atoms with Gasteiger partial charge in [0, 0.05) is 12.1 Å². The second kappa shape index (κ2) is 5.20. The van der Waals surface area contributed by atoms with Crippen molar-refractivity contribution in [3.8, 4) is 0 Å². The number of benzene rings is 1. The van der Waals surface area contributed by atoms with Crippen LogP contribution in [0.25, 0.3) is 5.76 Å². The maximum atomic E-state index is 7.32. The Labute approximate surface area is 90.5 Å². The summed E-state index contributed by atoms with van der Waals surface area (Å²) in [7, 11) is 1.60. The van der Waals surface area contributed by atoms with Gasteiger partial charge in [0.1, 0.15) is 5.76 Å². The normalized spacial score (nSPS) is 9.47. The molecule has 0 unspecified atom stereocenters. The third kappa shape index (κ3) is 2.37. The fourth-order valence-corrected chi connectivity index (χ4v) is 1.40.